The highest BCUT2D eigenvalue weighted by Gasteiger charge is 2.36. The Morgan fingerprint density at radius 2 is 1.66 bits per heavy atom. The van der Waals surface area contributed by atoms with E-state index in [1.165, 1.54) is 11.0 Å². The van der Waals surface area contributed by atoms with E-state index >= 15 is 0 Å². The molecular formula is C23H19BrN2O3. The van der Waals surface area contributed by atoms with Crippen LogP contribution < -0.4 is 5.32 Å². The minimum absolute atomic E-state index is 0.117. The van der Waals surface area contributed by atoms with Gasteiger partial charge in [0.2, 0.25) is 5.91 Å². The molecule has 6 heteroatoms. The van der Waals surface area contributed by atoms with Gasteiger partial charge in [0.15, 0.2) is 0 Å². The molecule has 29 heavy (non-hydrogen) atoms. The first-order valence-corrected chi connectivity index (χ1v) is 10.0. The summed E-state index contributed by atoms with van der Waals surface area (Å²) in [7, 11) is 0. The smallest absolute Gasteiger partial charge is 0.260 e. The van der Waals surface area contributed by atoms with Gasteiger partial charge in [-0.3, -0.25) is 9.59 Å². The first kappa shape index (κ1) is 19.2. The molecule has 5 nitrogen and oxygen atoms in total. The van der Waals surface area contributed by atoms with Crippen molar-refractivity contribution >= 4 is 33.4 Å². The first-order valence-electron chi connectivity index (χ1n) is 9.25. The number of hydrogen-bond acceptors (Lipinski definition) is 3. The molecule has 3 aromatic carbocycles. The van der Waals surface area contributed by atoms with Gasteiger partial charge in [-0.25, -0.2) is 0 Å². The third-order valence-electron chi connectivity index (χ3n) is 4.97. The molecule has 146 valence electrons. The molecule has 2 N–H and O–H groups in total. The zero-order valence-electron chi connectivity index (χ0n) is 15.5. The van der Waals surface area contributed by atoms with Crippen LogP contribution in [0.3, 0.4) is 0 Å². The van der Waals surface area contributed by atoms with Crippen LogP contribution in [0, 0.1) is 0 Å². The van der Waals surface area contributed by atoms with E-state index in [0.29, 0.717) is 12.1 Å². The van der Waals surface area contributed by atoms with Crippen molar-refractivity contribution in [1.29, 1.82) is 0 Å². The fraction of sp³-hybridized carbons (Fsp3) is 0.130. The normalized spacial score (nSPS) is 16.2. The van der Waals surface area contributed by atoms with Gasteiger partial charge in [0.05, 0.1) is 5.69 Å². The number of nitrogens with zero attached hydrogens (tertiary/aromatic N) is 1. The first-order chi connectivity index (χ1) is 14.0. The maximum Gasteiger partial charge on any atom is 0.260 e. The summed E-state index contributed by atoms with van der Waals surface area (Å²) in [6, 6.07) is 21.2. The van der Waals surface area contributed by atoms with Crippen molar-refractivity contribution in [3.05, 3.63) is 94.0 Å². The molecule has 0 radical (unpaired) electrons. The van der Waals surface area contributed by atoms with Gasteiger partial charge in [0.25, 0.3) is 5.91 Å². The maximum absolute atomic E-state index is 13.5. The van der Waals surface area contributed by atoms with Crippen molar-refractivity contribution in [1.82, 2.24) is 4.90 Å². The summed E-state index contributed by atoms with van der Waals surface area (Å²) in [5.74, 6) is -0.800. The Kier molecular flexibility index (Phi) is 5.36. The summed E-state index contributed by atoms with van der Waals surface area (Å²) in [5, 5.41) is 13.2. The zero-order chi connectivity index (χ0) is 20.4. The van der Waals surface area contributed by atoms with Gasteiger partial charge in [-0.05, 0) is 35.4 Å². The molecule has 0 aliphatic carbocycles. The average Bonchev–Trinajstić information content (AvgIpc) is 2.80. The summed E-state index contributed by atoms with van der Waals surface area (Å²) in [6.07, 6.45) is 0.376. The number of carbonyl (C=O) groups is 2. The van der Waals surface area contributed by atoms with Crippen LogP contribution in [-0.2, 0) is 17.8 Å². The quantitative estimate of drug-likeness (QED) is 0.620. The Labute approximate surface area is 177 Å². The van der Waals surface area contributed by atoms with Crippen molar-refractivity contribution in [2.75, 3.05) is 5.32 Å². The number of rotatable bonds is 4. The third kappa shape index (κ3) is 4.03. The molecule has 2 amide bonds. The number of amides is 2. The summed E-state index contributed by atoms with van der Waals surface area (Å²) in [4.78, 5) is 28.1. The number of nitrogens with one attached hydrogen (secondary N) is 1. The fourth-order valence-corrected chi connectivity index (χ4v) is 4.01. The molecule has 0 fully saturated rings. The second-order valence-electron chi connectivity index (χ2n) is 6.96. The van der Waals surface area contributed by atoms with Crippen molar-refractivity contribution in [3.8, 4) is 5.75 Å². The lowest BCUT2D eigenvalue weighted by molar-refractivity contribution is -0.120. The van der Waals surface area contributed by atoms with E-state index in [1.54, 1.807) is 12.1 Å². The van der Waals surface area contributed by atoms with Crippen molar-refractivity contribution < 1.29 is 14.7 Å². The standard InChI is InChI=1S/C23H19BrN2O3/c24-17-9-4-8-16(12-17)14-26-19(13-15-6-2-1-3-7-15)22(28)25-18-10-5-11-20(27)21(18)23(26)29/h1-12,19,27H,13-14H2,(H,25,28)/t19-/m0/s1. The number of phenols is 1. The largest absolute Gasteiger partial charge is 0.507 e. The number of phenolic OH excluding ortho intramolecular Hbond substituents is 1. The Hall–Kier alpha value is -3.12. The number of benzene rings is 3. The molecular weight excluding hydrogens is 432 g/mol. The van der Waals surface area contributed by atoms with E-state index < -0.39 is 6.04 Å². The molecule has 0 bridgehead atoms. The summed E-state index contributed by atoms with van der Waals surface area (Å²) in [6.45, 7) is 0.247. The van der Waals surface area contributed by atoms with E-state index in [2.05, 4.69) is 21.2 Å². The number of hydrogen-bond donors (Lipinski definition) is 2. The van der Waals surface area contributed by atoms with Gasteiger partial charge in [-0.1, -0.05) is 64.5 Å². The average molecular weight is 451 g/mol. The monoisotopic (exact) mass is 450 g/mol. The highest BCUT2D eigenvalue weighted by molar-refractivity contribution is 9.10. The van der Waals surface area contributed by atoms with Crippen LogP contribution >= 0.6 is 15.9 Å². The second kappa shape index (κ2) is 8.09. The lowest BCUT2D eigenvalue weighted by atomic mass is 10.0. The Morgan fingerprint density at radius 1 is 0.931 bits per heavy atom. The molecule has 0 saturated heterocycles. The molecule has 1 atom stereocenters. The number of halogens is 1. The molecule has 1 aliphatic rings. The molecule has 0 unspecified atom stereocenters. The molecule has 0 aromatic heterocycles. The van der Waals surface area contributed by atoms with Crippen LogP contribution in [0.1, 0.15) is 21.5 Å². The highest BCUT2D eigenvalue weighted by atomic mass is 79.9. The van der Waals surface area contributed by atoms with Crippen LogP contribution in [0.5, 0.6) is 5.75 Å². The number of fused-ring (bicyclic) bond motifs is 1. The lowest BCUT2D eigenvalue weighted by Gasteiger charge is -2.29. The van der Waals surface area contributed by atoms with Crippen molar-refractivity contribution in [2.45, 2.75) is 19.0 Å². The second-order valence-corrected chi connectivity index (χ2v) is 7.87. The molecule has 1 aliphatic heterocycles. The van der Waals surface area contributed by atoms with Gasteiger partial charge < -0.3 is 15.3 Å². The summed E-state index contributed by atoms with van der Waals surface area (Å²) >= 11 is 3.45. The number of aromatic hydroxyl groups is 1. The van der Waals surface area contributed by atoms with Gasteiger partial charge in [-0.15, -0.1) is 0 Å². The predicted octanol–water partition coefficient (Wildman–Crippen LogP) is 4.36. The third-order valence-corrected chi connectivity index (χ3v) is 5.46. The summed E-state index contributed by atoms with van der Waals surface area (Å²) < 4.78 is 0.893. The fourth-order valence-electron chi connectivity index (χ4n) is 3.57. The minimum atomic E-state index is -0.712. The van der Waals surface area contributed by atoms with Gasteiger partial charge in [-0.2, -0.15) is 0 Å². The van der Waals surface area contributed by atoms with E-state index in [4.69, 9.17) is 0 Å². The van der Waals surface area contributed by atoms with E-state index in [9.17, 15) is 14.7 Å². The number of carbonyl (C=O) groups excluding carboxylic acids is 2. The molecule has 0 saturated carbocycles. The SMILES string of the molecule is O=C1Nc2cccc(O)c2C(=O)N(Cc2cccc(Br)c2)[C@H]1Cc1ccccc1. The highest BCUT2D eigenvalue weighted by Crippen LogP contribution is 2.32. The Balaban J connectivity index is 1.78. The predicted molar refractivity (Wildman–Crippen MR) is 115 cm³/mol. The molecule has 4 rings (SSSR count). The van der Waals surface area contributed by atoms with Crippen molar-refractivity contribution in [2.24, 2.45) is 0 Å². The zero-order valence-corrected chi connectivity index (χ0v) is 17.1. The van der Waals surface area contributed by atoms with Gasteiger partial charge in [0.1, 0.15) is 17.4 Å². The summed E-state index contributed by atoms with van der Waals surface area (Å²) in [5.41, 5.74) is 2.29. The van der Waals surface area contributed by atoms with Crippen molar-refractivity contribution in [3.63, 3.8) is 0 Å². The van der Waals surface area contributed by atoms with Crippen LogP contribution in [0.15, 0.2) is 77.3 Å². The number of anilines is 1. The van der Waals surface area contributed by atoms with Crippen LogP contribution in [0.25, 0.3) is 0 Å². The molecule has 1 heterocycles. The van der Waals surface area contributed by atoms with E-state index in [0.717, 1.165) is 15.6 Å². The molecule has 0 spiro atoms. The maximum atomic E-state index is 13.5. The van der Waals surface area contributed by atoms with E-state index in [-0.39, 0.29) is 29.7 Å². The van der Waals surface area contributed by atoms with Gasteiger partial charge in [0, 0.05) is 17.4 Å². The minimum Gasteiger partial charge on any atom is -0.507 e. The van der Waals surface area contributed by atoms with E-state index in [1.807, 2.05) is 54.6 Å². The Bertz CT molecular complexity index is 1070. The van der Waals surface area contributed by atoms with Gasteiger partial charge >= 0.3 is 0 Å². The lowest BCUT2D eigenvalue weighted by Crippen LogP contribution is -2.46. The molecule has 3 aromatic rings. The van der Waals surface area contributed by atoms with Crippen LogP contribution in [0.4, 0.5) is 5.69 Å². The topological polar surface area (TPSA) is 69.6 Å². The van der Waals surface area contributed by atoms with Crippen LogP contribution in [-0.4, -0.2) is 27.9 Å². The van der Waals surface area contributed by atoms with Crippen LogP contribution in [0.2, 0.25) is 0 Å². The Morgan fingerprint density at radius 3 is 2.41 bits per heavy atom.